The number of aliphatic imine (C=N–C) groups is 1. The van der Waals surface area contributed by atoms with E-state index >= 15 is 0 Å². The lowest BCUT2D eigenvalue weighted by Gasteiger charge is -2.07. The molecule has 4 nitrogen and oxygen atoms in total. The van der Waals surface area contributed by atoms with Crippen LogP contribution in [0.4, 0.5) is 0 Å². The fourth-order valence-electron chi connectivity index (χ4n) is 1.62. The summed E-state index contributed by atoms with van der Waals surface area (Å²) in [5, 5.41) is 20.9. The van der Waals surface area contributed by atoms with Crippen LogP contribution < -0.4 is 5.32 Å². The van der Waals surface area contributed by atoms with Crippen LogP contribution in [0.5, 0.6) is 0 Å². The summed E-state index contributed by atoms with van der Waals surface area (Å²) in [6.45, 7) is 7.97. The number of nitrogens with zero attached hydrogens (tertiary/aromatic N) is 1. The highest BCUT2D eigenvalue weighted by molar-refractivity contribution is 5.78. The van der Waals surface area contributed by atoms with E-state index in [1.54, 1.807) is 0 Å². The second-order valence-corrected chi connectivity index (χ2v) is 4.27. The summed E-state index contributed by atoms with van der Waals surface area (Å²) < 4.78 is 0. The Kier molecular flexibility index (Phi) is 12.1. The maximum atomic E-state index is 8.89. The summed E-state index contributed by atoms with van der Waals surface area (Å²) in [4.78, 5) is 3.85. The van der Waals surface area contributed by atoms with E-state index in [0.29, 0.717) is 5.70 Å². The van der Waals surface area contributed by atoms with Crippen molar-refractivity contribution in [3.05, 3.63) is 37.2 Å². The third kappa shape index (κ3) is 12.9. The molecule has 19 heavy (non-hydrogen) atoms. The average molecular weight is 266 g/mol. The van der Waals surface area contributed by atoms with Crippen molar-refractivity contribution in [2.24, 2.45) is 4.99 Å². The van der Waals surface area contributed by atoms with Crippen LogP contribution in [0.25, 0.3) is 0 Å². The van der Waals surface area contributed by atoms with Crippen molar-refractivity contribution in [3.63, 3.8) is 0 Å². The Bertz CT molecular complexity index is 297. The maximum Gasteiger partial charge on any atom is 0.173 e. The van der Waals surface area contributed by atoms with Crippen molar-refractivity contribution >= 4 is 6.21 Å². The maximum absolute atomic E-state index is 8.89. The van der Waals surface area contributed by atoms with Gasteiger partial charge in [0.05, 0.1) is 5.70 Å². The topological polar surface area (TPSA) is 64.9 Å². The van der Waals surface area contributed by atoms with Gasteiger partial charge >= 0.3 is 0 Å². The molecule has 3 N–H and O–H groups in total. The lowest BCUT2D eigenvalue weighted by molar-refractivity contribution is 0.00178. The zero-order valence-corrected chi connectivity index (χ0v) is 11.6. The summed E-state index contributed by atoms with van der Waals surface area (Å²) in [5.74, 6) is 0. The molecule has 0 saturated heterocycles. The molecule has 0 aromatic carbocycles. The monoisotopic (exact) mass is 266 g/mol. The highest BCUT2D eigenvalue weighted by Gasteiger charge is 1.97. The first-order valence-corrected chi connectivity index (χ1v) is 6.77. The van der Waals surface area contributed by atoms with Crippen LogP contribution in [0.2, 0.25) is 0 Å². The van der Waals surface area contributed by atoms with E-state index in [4.69, 9.17) is 10.2 Å². The highest BCUT2D eigenvalue weighted by Crippen LogP contribution is 2.05. The lowest BCUT2D eigenvalue weighted by atomic mass is 10.1. The Hall–Kier alpha value is -1.39. The summed E-state index contributed by atoms with van der Waals surface area (Å²) in [6.07, 6.45) is 11.7. The molecule has 0 aliphatic heterocycles. The Morgan fingerprint density at radius 2 is 1.79 bits per heavy atom. The first kappa shape index (κ1) is 17.6. The van der Waals surface area contributed by atoms with Gasteiger partial charge in [-0.25, -0.2) is 0 Å². The van der Waals surface area contributed by atoms with E-state index in [1.807, 2.05) is 6.08 Å². The van der Waals surface area contributed by atoms with Crippen molar-refractivity contribution in [1.82, 2.24) is 5.32 Å². The molecule has 0 aliphatic carbocycles. The SMILES string of the molecule is C=CCCCCCCCNC(/C=N\C=C)=C\C(O)O. The molecule has 0 amide bonds. The van der Waals surface area contributed by atoms with E-state index in [2.05, 4.69) is 23.5 Å². The quantitative estimate of drug-likeness (QED) is 0.220. The third-order valence-electron chi connectivity index (χ3n) is 2.56. The molecule has 0 heterocycles. The number of nitrogens with one attached hydrogen (secondary N) is 1. The van der Waals surface area contributed by atoms with Crippen LogP contribution in [-0.4, -0.2) is 29.3 Å². The average Bonchev–Trinajstić information content (AvgIpc) is 2.38. The van der Waals surface area contributed by atoms with Crippen molar-refractivity contribution in [1.29, 1.82) is 0 Å². The lowest BCUT2D eigenvalue weighted by Crippen LogP contribution is -2.18. The van der Waals surface area contributed by atoms with Gasteiger partial charge in [0, 0.05) is 19.0 Å². The number of hydrogen-bond donors (Lipinski definition) is 3. The zero-order valence-electron chi connectivity index (χ0n) is 11.6. The van der Waals surface area contributed by atoms with E-state index in [0.717, 1.165) is 25.8 Å². The molecule has 0 bridgehead atoms. The van der Waals surface area contributed by atoms with Crippen LogP contribution in [0.3, 0.4) is 0 Å². The van der Waals surface area contributed by atoms with Gasteiger partial charge in [-0.05, 0) is 25.3 Å². The molecule has 0 rings (SSSR count). The minimum atomic E-state index is -1.47. The van der Waals surface area contributed by atoms with Gasteiger partial charge in [0.25, 0.3) is 0 Å². The Balaban J connectivity index is 3.72. The van der Waals surface area contributed by atoms with Gasteiger partial charge in [-0.3, -0.25) is 4.99 Å². The molecule has 0 unspecified atom stereocenters. The van der Waals surface area contributed by atoms with E-state index < -0.39 is 6.29 Å². The van der Waals surface area contributed by atoms with Crippen LogP contribution in [0, 0.1) is 0 Å². The Morgan fingerprint density at radius 3 is 2.42 bits per heavy atom. The number of unbranched alkanes of at least 4 members (excludes halogenated alkanes) is 5. The normalized spacial score (nSPS) is 12.1. The fraction of sp³-hybridized carbons (Fsp3) is 0.533. The second kappa shape index (κ2) is 13.1. The minimum absolute atomic E-state index is 0.599. The number of rotatable bonds is 12. The molecule has 4 heteroatoms. The molecule has 0 aromatic heterocycles. The first-order valence-electron chi connectivity index (χ1n) is 6.77. The summed E-state index contributed by atoms with van der Waals surface area (Å²) in [7, 11) is 0. The standard InChI is InChI=1S/C15H26N2O2/c1-3-5-6-7-8-9-10-11-17-14(12-15(18)19)13-16-4-2/h3-4,12-13,15,17-19H,1-2,5-11H2/b14-12-,16-13-. The number of allylic oxidation sites excluding steroid dienone is 2. The first-order chi connectivity index (χ1) is 9.20. The van der Waals surface area contributed by atoms with Crippen LogP contribution in [0.1, 0.15) is 38.5 Å². The van der Waals surface area contributed by atoms with Gasteiger partial charge in [-0.1, -0.05) is 31.9 Å². The third-order valence-corrected chi connectivity index (χ3v) is 2.56. The van der Waals surface area contributed by atoms with Crippen LogP contribution >= 0.6 is 0 Å². The summed E-state index contributed by atoms with van der Waals surface area (Å²) in [6, 6.07) is 0. The molecule has 0 aliphatic rings. The number of hydrogen-bond acceptors (Lipinski definition) is 4. The summed E-state index contributed by atoms with van der Waals surface area (Å²) >= 11 is 0. The Morgan fingerprint density at radius 1 is 1.11 bits per heavy atom. The largest absolute Gasteiger partial charge is 0.384 e. The van der Waals surface area contributed by atoms with E-state index in [-0.39, 0.29) is 0 Å². The van der Waals surface area contributed by atoms with E-state index in [9.17, 15) is 0 Å². The van der Waals surface area contributed by atoms with Crippen LogP contribution in [-0.2, 0) is 0 Å². The van der Waals surface area contributed by atoms with Crippen molar-refractivity contribution < 1.29 is 10.2 Å². The van der Waals surface area contributed by atoms with Crippen molar-refractivity contribution in [3.8, 4) is 0 Å². The van der Waals surface area contributed by atoms with Crippen molar-refractivity contribution in [2.45, 2.75) is 44.8 Å². The molecule has 0 spiro atoms. The van der Waals surface area contributed by atoms with Gasteiger partial charge in [0.15, 0.2) is 6.29 Å². The zero-order chi connectivity index (χ0) is 14.3. The van der Waals surface area contributed by atoms with Gasteiger partial charge in [-0.15, -0.1) is 6.58 Å². The molecular weight excluding hydrogens is 240 g/mol. The van der Waals surface area contributed by atoms with Gasteiger partial charge in [0.2, 0.25) is 0 Å². The molecule has 108 valence electrons. The highest BCUT2D eigenvalue weighted by atomic mass is 16.5. The number of aliphatic hydroxyl groups excluding tert-OH is 1. The molecule has 0 aromatic rings. The predicted molar refractivity (Wildman–Crippen MR) is 80.9 cm³/mol. The second-order valence-electron chi connectivity index (χ2n) is 4.27. The van der Waals surface area contributed by atoms with Crippen molar-refractivity contribution in [2.75, 3.05) is 6.54 Å². The predicted octanol–water partition coefficient (Wildman–Crippen LogP) is 2.51. The molecule has 0 fully saturated rings. The molecule has 0 radical (unpaired) electrons. The van der Waals surface area contributed by atoms with E-state index in [1.165, 1.54) is 37.8 Å². The number of aliphatic hydroxyl groups is 2. The van der Waals surface area contributed by atoms with Gasteiger partial charge < -0.3 is 15.5 Å². The molecule has 0 atom stereocenters. The van der Waals surface area contributed by atoms with Gasteiger partial charge in [-0.2, -0.15) is 0 Å². The summed E-state index contributed by atoms with van der Waals surface area (Å²) in [5.41, 5.74) is 0.599. The Labute approximate surface area is 116 Å². The van der Waals surface area contributed by atoms with Crippen LogP contribution in [0.15, 0.2) is 42.2 Å². The molecular formula is C15H26N2O2. The smallest absolute Gasteiger partial charge is 0.173 e. The van der Waals surface area contributed by atoms with Gasteiger partial charge in [0.1, 0.15) is 0 Å². The molecule has 0 saturated carbocycles. The fourth-order valence-corrected chi connectivity index (χ4v) is 1.62. The minimum Gasteiger partial charge on any atom is -0.384 e.